The van der Waals surface area contributed by atoms with Crippen molar-refractivity contribution in [3.8, 4) is 11.5 Å². The molecule has 0 fully saturated rings. The minimum absolute atomic E-state index is 0.0188. The number of fused-ring (bicyclic) bond motifs is 1. The third-order valence-electron chi connectivity index (χ3n) is 5.99. The Labute approximate surface area is 206 Å². The van der Waals surface area contributed by atoms with Crippen molar-refractivity contribution < 1.29 is 35.9 Å². The molecule has 36 heavy (non-hydrogen) atoms. The maximum atomic E-state index is 13.9. The second kappa shape index (κ2) is 9.94. The average molecular weight is 520 g/mol. The number of benzene rings is 3. The molecule has 1 aliphatic rings. The zero-order chi connectivity index (χ0) is 26.1. The summed E-state index contributed by atoms with van der Waals surface area (Å²) in [6.45, 7) is 1.97. The van der Waals surface area contributed by atoms with Crippen molar-refractivity contribution in [2.24, 2.45) is 5.14 Å². The first-order valence-electron chi connectivity index (χ1n) is 11.2. The van der Waals surface area contributed by atoms with E-state index in [1.807, 2.05) is 6.92 Å². The Morgan fingerprint density at radius 1 is 0.972 bits per heavy atom. The largest absolute Gasteiger partial charge is 0.454 e. The summed E-state index contributed by atoms with van der Waals surface area (Å²) in [4.78, 5) is 13.6. The lowest BCUT2D eigenvalue weighted by Gasteiger charge is -2.20. The Morgan fingerprint density at radius 3 is 2.28 bits per heavy atom. The standard InChI is InChI=1S/C26H24F3NO5S/c1-2-3-16-6-11-24(36(30,32)33)21(13-16)25(31)20(18-7-10-22-23(14-18)35-15-34-22)12-17-4-8-19(9-5-17)26(27,28)29/h4-11,13-14,20H,2-3,12,15H2,1H3,(H2,30,32,33)/t20-/m1/s1. The molecule has 190 valence electrons. The molecule has 0 aliphatic carbocycles. The van der Waals surface area contributed by atoms with Crippen LogP contribution in [0.4, 0.5) is 13.2 Å². The van der Waals surface area contributed by atoms with E-state index >= 15 is 0 Å². The van der Waals surface area contributed by atoms with Crippen molar-refractivity contribution in [1.82, 2.24) is 0 Å². The summed E-state index contributed by atoms with van der Waals surface area (Å²) in [5.74, 6) is -0.525. The number of sulfonamides is 1. The van der Waals surface area contributed by atoms with Crippen LogP contribution in [-0.2, 0) is 29.0 Å². The zero-order valence-corrected chi connectivity index (χ0v) is 20.2. The van der Waals surface area contributed by atoms with Gasteiger partial charge in [-0.05, 0) is 65.9 Å². The Kier molecular flexibility index (Phi) is 7.10. The van der Waals surface area contributed by atoms with E-state index < -0.39 is 33.5 Å². The van der Waals surface area contributed by atoms with Crippen LogP contribution in [-0.4, -0.2) is 21.0 Å². The molecule has 0 saturated heterocycles. The summed E-state index contributed by atoms with van der Waals surface area (Å²) in [6.07, 6.45) is -3.06. The van der Waals surface area contributed by atoms with Crippen LogP contribution in [0.25, 0.3) is 0 Å². The van der Waals surface area contributed by atoms with Crippen molar-refractivity contribution in [1.29, 1.82) is 0 Å². The monoisotopic (exact) mass is 519 g/mol. The number of ether oxygens (including phenoxy) is 2. The molecule has 0 radical (unpaired) electrons. The number of halogens is 3. The van der Waals surface area contributed by atoms with E-state index in [0.29, 0.717) is 29.0 Å². The van der Waals surface area contributed by atoms with E-state index in [1.54, 1.807) is 24.3 Å². The number of Topliss-reactive ketones (excluding diaryl/α,β-unsaturated/α-hetero) is 1. The number of ketones is 1. The Morgan fingerprint density at radius 2 is 1.64 bits per heavy atom. The normalized spacial score (nSPS) is 14.0. The molecule has 3 aromatic rings. The number of rotatable bonds is 8. The molecule has 1 aliphatic heterocycles. The highest BCUT2D eigenvalue weighted by Gasteiger charge is 2.32. The first-order valence-corrected chi connectivity index (χ1v) is 12.8. The topological polar surface area (TPSA) is 95.7 Å². The van der Waals surface area contributed by atoms with Crippen LogP contribution >= 0.6 is 0 Å². The van der Waals surface area contributed by atoms with Crippen LogP contribution in [0.15, 0.2) is 65.6 Å². The molecule has 1 atom stereocenters. The Hall–Kier alpha value is -3.37. The molecule has 0 unspecified atom stereocenters. The average Bonchev–Trinajstić information content (AvgIpc) is 3.29. The van der Waals surface area contributed by atoms with Crippen LogP contribution in [0.5, 0.6) is 11.5 Å². The van der Waals surface area contributed by atoms with Gasteiger partial charge in [0.15, 0.2) is 17.3 Å². The Balaban J connectivity index is 1.80. The zero-order valence-electron chi connectivity index (χ0n) is 19.3. The van der Waals surface area contributed by atoms with Crippen molar-refractivity contribution in [3.05, 3.63) is 88.5 Å². The minimum atomic E-state index is -4.49. The van der Waals surface area contributed by atoms with Gasteiger partial charge in [0.25, 0.3) is 0 Å². The predicted octanol–water partition coefficient (Wildman–Crippen LogP) is 5.24. The van der Waals surface area contributed by atoms with Gasteiger partial charge in [-0.15, -0.1) is 0 Å². The molecule has 0 aromatic heterocycles. The smallest absolute Gasteiger partial charge is 0.416 e. The number of hydrogen-bond donors (Lipinski definition) is 1. The van der Waals surface area contributed by atoms with Gasteiger partial charge in [-0.2, -0.15) is 13.2 Å². The third-order valence-corrected chi connectivity index (χ3v) is 6.96. The quantitative estimate of drug-likeness (QED) is 0.411. The van der Waals surface area contributed by atoms with E-state index in [0.717, 1.165) is 24.1 Å². The number of carbonyl (C=O) groups excluding carboxylic acids is 1. The number of aryl methyl sites for hydroxylation is 1. The maximum Gasteiger partial charge on any atom is 0.416 e. The van der Waals surface area contributed by atoms with Crippen molar-refractivity contribution in [2.75, 3.05) is 6.79 Å². The van der Waals surface area contributed by atoms with Crippen LogP contribution in [0.1, 0.15) is 51.9 Å². The highest BCUT2D eigenvalue weighted by molar-refractivity contribution is 7.89. The van der Waals surface area contributed by atoms with Gasteiger partial charge >= 0.3 is 6.18 Å². The number of primary sulfonamides is 1. The summed E-state index contributed by atoms with van der Waals surface area (Å²) >= 11 is 0. The fraction of sp³-hybridized carbons (Fsp3) is 0.269. The fourth-order valence-corrected chi connectivity index (χ4v) is 4.93. The van der Waals surface area contributed by atoms with Gasteiger partial charge in [0.05, 0.1) is 16.4 Å². The highest BCUT2D eigenvalue weighted by Crippen LogP contribution is 2.37. The van der Waals surface area contributed by atoms with Crippen molar-refractivity contribution in [2.45, 2.75) is 43.2 Å². The number of alkyl halides is 3. The van der Waals surface area contributed by atoms with E-state index in [1.165, 1.54) is 24.3 Å². The predicted molar refractivity (Wildman–Crippen MR) is 127 cm³/mol. The summed E-state index contributed by atoms with van der Waals surface area (Å²) in [5.41, 5.74) is 0.887. The van der Waals surface area contributed by atoms with Gasteiger partial charge in [-0.3, -0.25) is 4.79 Å². The van der Waals surface area contributed by atoms with Crippen LogP contribution < -0.4 is 14.6 Å². The van der Waals surface area contributed by atoms with Gasteiger partial charge in [-0.25, -0.2) is 13.6 Å². The van der Waals surface area contributed by atoms with Gasteiger partial charge < -0.3 is 9.47 Å². The van der Waals surface area contributed by atoms with Crippen molar-refractivity contribution >= 4 is 15.8 Å². The molecule has 6 nitrogen and oxygen atoms in total. The second-order valence-corrected chi connectivity index (χ2v) is 10.1. The number of carbonyl (C=O) groups is 1. The summed E-state index contributed by atoms with van der Waals surface area (Å²) in [5, 5.41) is 5.42. The molecule has 0 amide bonds. The third kappa shape index (κ3) is 5.55. The summed E-state index contributed by atoms with van der Waals surface area (Å²) < 4.78 is 74.5. The second-order valence-electron chi connectivity index (χ2n) is 8.55. The van der Waals surface area contributed by atoms with E-state index in [2.05, 4.69) is 0 Å². The number of nitrogens with two attached hydrogens (primary N) is 1. The molecule has 4 rings (SSSR count). The molecular weight excluding hydrogens is 495 g/mol. The molecule has 2 N–H and O–H groups in total. The molecule has 10 heteroatoms. The van der Waals surface area contributed by atoms with E-state index in [-0.39, 0.29) is 23.7 Å². The highest BCUT2D eigenvalue weighted by atomic mass is 32.2. The maximum absolute atomic E-state index is 13.9. The summed E-state index contributed by atoms with van der Waals surface area (Å²) in [7, 11) is -4.22. The minimum Gasteiger partial charge on any atom is -0.454 e. The first kappa shape index (κ1) is 25.7. The van der Waals surface area contributed by atoms with Gasteiger partial charge in [0, 0.05) is 5.56 Å². The molecule has 0 bridgehead atoms. The lowest BCUT2D eigenvalue weighted by Crippen LogP contribution is -2.22. The lowest BCUT2D eigenvalue weighted by molar-refractivity contribution is -0.137. The van der Waals surface area contributed by atoms with Crippen LogP contribution in [0, 0.1) is 0 Å². The Bertz CT molecular complexity index is 1390. The molecular formula is C26H24F3NO5S. The first-order chi connectivity index (χ1) is 17.0. The lowest BCUT2D eigenvalue weighted by atomic mass is 9.84. The molecule has 1 heterocycles. The van der Waals surface area contributed by atoms with E-state index in [4.69, 9.17) is 14.6 Å². The van der Waals surface area contributed by atoms with Crippen LogP contribution in [0.3, 0.4) is 0 Å². The SMILES string of the molecule is CCCc1ccc(S(N)(=O)=O)c(C(=O)[C@H](Cc2ccc(C(F)(F)F)cc2)c2ccc3c(c2)OCO3)c1. The number of hydrogen-bond acceptors (Lipinski definition) is 5. The fourth-order valence-electron chi connectivity index (χ4n) is 4.21. The summed E-state index contributed by atoms with van der Waals surface area (Å²) in [6, 6.07) is 13.9. The van der Waals surface area contributed by atoms with E-state index in [9.17, 15) is 26.4 Å². The molecule has 0 spiro atoms. The van der Waals surface area contributed by atoms with Crippen LogP contribution in [0.2, 0.25) is 0 Å². The van der Waals surface area contributed by atoms with Gasteiger partial charge in [-0.1, -0.05) is 37.6 Å². The molecule has 3 aromatic carbocycles. The van der Waals surface area contributed by atoms with Crippen molar-refractivity contribution in [3.63, 3.8) is 0 Å². The van der Waals surface area contributed by atoms with Gasteiger partial charge in [0.2, 0.25) is 16.8 Å². The molecule has 0 saturated carbocycles. The van der Waals surface area contributed by atoms with Gasteiger partial charge in [0.1, 0.15) is 0 Å².